The van der Waals surface area contributed by atoms with Gasteiger partial charge in [-0.25, -0.2) is 0 Å². The lowest BCUT2D eigenvalue weighted by molar-refractivity contribution is -0.111. The Hall–Kier alpha value is -3.27. The van der Waals surface area contributed by atoms with Gasteiger partial charge in [-0.3, -0.25) is 4.79 Å². The number of carbonyl (C=O) groups is 1. The van der Waals surface area contributed by atoms with Crippen LogP contribution in [0.5, 0.6) is 0 Å². The number of hydrogen-bond donors (Lipinski definition) is 2. The van der Waals surface area contributed by atoms with Crippen LogP contribution in [-0.2, 0) is 4.79 Å². The van der Waals surface area contributed by atoms with E-state index in [1.54, 1.807) is 24.5 Å². The number of anilines is 3. The largest absolute Gasteiger partial charge is 0.465 e. The molecule has 0 aliphatic heterocycles. The average molecular weight is 318 g/mol. The maximum atomic E-state index is 12.1. The Balaban J connectivity index is 1.71. The van der Waals surface area contributed by atoms with Gasteiger partial charge in [0, 0.05) is 11.8 Å². The van der Waals surface area contributed by atoms with E-state index in [0.29, 0.717) is 11.4 Å². The fourth-order valence-corrected chi connectivity index (χ4v) is 2.21. The van der Waals surface area contributed by atoms with E-state index in [9.17, 15) is 4.79 Å². The van der Waals surface area contributed by atoms with Gasteiger partial charge >= 0.3 is 0 Å². The molecule has 0 radical (unpaired) electrons. The highest BCUT2D eigenvalue weighted by Gasteiger charge is 2.05. The van der Waals surface area contributed by atoms with Gasteiger partial charge in [0.15, 0.2) is 0 Å². The van der Waals surface area contributed by atoms with E-state index < -0.39 is 0 Å². The van der Waals surface area contributed by atoms with Crippen molar-refractivity contribution in [2.45, 2.75) is 6.92 Å². The van der Waals surface area contributed by atoms with Crippen LogP contribution in [0.25, 0.3) is 6.08 Å². The molecule has 1 amide bonds. The molecule has 0 fully saturated rings. The lowest BCUT2D eigenvalue weighted by Crippen LogP contribution is -2.09. The highest BCUT2D eigenvalue weighted by molar-refractivity contribution is 6.03. The summed E-state index contributed by atoms with van der Waals surface area (Å²) in [5, 5.41) is 6.19. The van der Waals surface area contributed by atoms with E-state index in [-0.39, 0.29) is 5.91 Å². The molecule has 0 atom stereocenters. The molecule has 3 aromatic rings. The van der Waals surface area contributed by atoms with Gasteiger partial charge in [0.25, 0.3) is 0 Å². The molecule has 0 aliphatic rings. The van der Waals surface area contributed by atoms with Crippen molar-refractivity contribution in [2.24, 2.45) is 0 Å². The number of amides is 1. The number of benzene rings is 2. The molecule has 1 aromatic heterocycles. The van der Waals surface area contributed by atoms with E-state index in [4.69, 9.17) is 4.42 Å². The number of nitrogens with one attached hydrogen (secondary N) is 2. The smallest absolute Gasteiger partial charge is 0.248 e. The molecule has 0 spiro atoms. The van der Waals surface area contributed by atoms with Gasteiger partial charge in [-0.2, -0.15) is 0 Å². The van der Waals surface area contributed by atoms with Crippen LogP contribution in [0.2, 0.25) is 0 Å². The van der Waals surface area contributed by atoms with Crippen molar-refractivity contribution in [3.8, 4) is 0 Å². The number of rotatable bonds is 5. The lowest BCUT2D eigenvalue weighted by Gasteiger charge is -2.12. The Morgan fingerprint density at radius 2 is 1.71 bits per heavy atom. The summed E-state index contributed by atoms with van der Waals surface area (Å²) >= 11 is 0. The van der Waals surface area contributed by atoms with Crippen LogP contribution in [0.3, 0.4) is 0 Å². The molecule has 1 heterocycles. The van der Waals surface area contributed by atoms with Crippen molar-refractivity contribution in [2.75, 3.05) is 10.6 Å². The molecule has 0 aliphatic carbocycles. The van der Waals surface area contributed by atoms with Crippen molar-refractivity contribution < 1.29 is 9.21 Å². The predicted octanol–water partition coefficient (Wildman–Crippen LogP) is 4.98. The molecule has 2 N–H and O–H groups in total. The summed E-state index contributed by atoms with van der Waals surface area (Å²) in [7, 11) is 0. The summed E-state index contributed by atoms with van der Waals surface area (Å²) in [6.07, 6.45) is 4.64. The quantitative estimate of drug-likeness (QED) is 0.652. The van der Waals surface area contributed by atoms with Crippen LogP contribution in [0.15, 0.2) is 77.4 Å². The minimum Gasteiger partial charge on any atom is -0.465 e. The topological polar surface area (TPSA) is 54.3 Å². The number of aryl methyl sites for hydroxylation is 1. The molecule has 24 heavy (non-hydrogen) atoms. The van der Waals surface area contributed by atoms with Gasteiger partial charge in [-0.15, -0.1) is 0 Å². The van der Waals surface area contributed by atoms with Crippen LogP contribution in [0, 0.1) is 6.92 Å². The second-order valence-electron chi connectivity index (χ2n) is 5.37. The van der Waals surface area contributed by atoms with Crippen molar-refractivity contribution in [3.63, 3.8) is 0 Å². The normalized spacial score (nSPS) is 10.7. The number of carbonyl (C=O) groups excluding carboxylic acids is 1. The first kappa shape index (κ1) is 15.6. The third-order valence-electron chi connectivity index (χ3n) is 3.46. The Bertz CT molecular complexity index is 834. The highest BCUT2D eigenvalue weighted by atomic mass is 16.3. The van der Waals surface area contributed by atoms with Crippen molar-refractivity contribution >= 4 is 29.0 Å². The summed E-state index contributed by atoms with van der Waals surface area (Å²) in [5.74, 6) is 0.417. The van der Waals surface area contributed by atoms with E-state index in [1.165, 1.54) is 11.6 Å². The third-order valence-corrected chi connectivity index (χ3v) is 3.46. The summed E-state index contributed by atoms with van der Waals surface area (Å²) in [5.41, 5.74) is 3.71. The van der Waals surface area contributed by atoms with E-state index in [0.717, 1.165) is 11.4 Å². The molecule has 0 saturated carbocycles. The van der Waals surface area contributed by atoms with Gasteiger partial charge in [0.1, 0.15) is 5.76 Å². The highest BCUT2D eigenvalue weighted by Crippen LogP contribution is 2.25. The van der Waals surface area contributed by atoms with Crippen LogP contribution in [0.4, 0.5) is 17.1 Å². The zero-order valence-electron chi connectivity index (χ0n) is 13.3. The molecule has 0 bridgehead atoms. The van der Waals surface area contributed by atoms with E-state index in [2.05, 4.69) is 10.6 Å². The van der Waals surface area contributed by atoms with E-state index in [1.807, 2.05) is 55.5 Å². The summed E-state index contributed by atoms with van der Waals surface area (Å²) in [6.45, 7) is 2.04. The first-order valence-electron chi connectivity index (χ1n) is 7.66. The van der Waals surface area contributed by atoms with Crippen LogP contribution in [0.1, 0.15) is 11.3 Å². The Labute approximate surface area is 140 Å². The SMILES string of the molecule is Cc1ccc(Nc2ccccc2NC(=O)/C=C/c2ccco2)cc1. The zero-order valence-corrected chi connectivity index (χ0v) is 13.3. The van der Waals surface area contributed by atoms with E-state index >= 15 is 0 Å². The number of hydrogen-bond acceptors (Lipinski definition) is 3. The molecule has 2 aromatic carbocycles. The second kappa shape index (κ2) is 7.33. The Kier molecular flexibility index (Phi) is 4.77. The van der Waals surface area contributed by atoms with Crippen LogP contribution < -0.4 is 10.6 Å². The minimum atomic E-state index is -0.218. The molecular weight excluding hydrogens is 300 g/mol. The zero-order chi connectivity index (χ0) is 16.8. The molecule has 120 valence electrons. The van der Waals surface area contributed by atoms with Gasteiger partial charge in [0.05, 0.1) is 17.6 Å². The van der Waals surface area contributed by atoms with Crippen molar-refractivity contribution in [1.82, 2.24) is 0 Å². The molecule has 3 rings (SSSR count). The van der Waals surface area contributed by atoms with Crippen molar-refractivity contribution in [3.05, 3.63) is 84.3 Å². The molecule has 0 saturated heterocycles. The summed E-state index contributed by atoms with van der Waals surface area (Å²) < 4.78 is 5.17. The van der Waals surface area contributed by atoms with Gasteiger partial charge in [-0.1, -0.05) is 29.8 Å². The standard InChI is InChI=1S/C20H18N2O2/c1-15-8-10-16(11-9-15)21-18-6-2-3-7-19(18)22-20(23)13-12-17-5-4-14-24-17/h2-14,21H,1H3,(H,22,23)/b13-12+. The van der Waals surface area contributed by atoms with Crippen molar-refractivity contribution in [1.29, 1.82) is 0 Å². The van der Waals surface area contributed by atoms with Gasteiger partial charge in [0.2, 0.25) is 5.91 Å². The van der Waals surface area contributed by atoms with Crippen LogP contribution in [-0.4, -0.2) is 5.91 Å². The first-order chi connectivity index (χ1) is 11.7. The fraction of sp³-hybridized carbons (Fsp3) is 0.0500. The van der Waals surface area contributed by atoms with Gasteiger partial charge in [-0.05, 0) is 49.4 Å². The fourth-order valence-electron chi connectivity index (χ4n) is 2.21. The first-order valence-corrected chi connectivity index (χ1v) is 7.66. The minimum absolute atomic E-state index is 0.218. The Morgan fingerprint density at radius 1 is 0.958 bits per heavy atom. The van der Waals surface area contributed by atoms with Crippen LogP contribution >= 0.6 is 0 Å². The number of furan rings is 1. The predicted molar refractivity (Wildman–Crippen MR) is 97.3 cm³/mol. The molecule has 4 heteroatoms. The molecule has 0 unspecified atom stereocenters. The number of para-hydroxylation sites is 2. The molecule has 4 nitrogen and oxygen atoms in total. The second-order valence-corrected chi connectivity index (χ2v) is 5.37. The third kappa shape index (κ3) is 4.14. The molecular formula is C20H18N2O2. The Morgan fingerprint density at radius 3 is 2.42 bits per heavy atom. The summed E-state index contributed by atoms with van der Waals surface area (Å²) in [4.78, 5) is 12.1. The summed E-state index contributed by atoms with van der Waals surface area (Å²) in [6, 6.07) is 19.2. The van der Waals surface area contributed by atoms with Gasteiger partial charge < -0.3 is 15.1 Å². The maximum Gasteiger partial charge on any atom is 0.248 e. The monoisotopic (exact) mass is 318 g/mol. The lowest BCUT2D eigenvalue weighted by atomic mass is 10.2. The maximum absolute atomic E-state index is 12.1. The average Bonchev–Trinajstić information content (AvgIpc) is 3.10.